The Balaban J connectivity index is 1.87. The topological polar surface area (TPSA) is 46.1 Å². The maximum absolute atomic E-state index is 12.7. The van der Waals surface area contributed by atoms with Gasteiger partial charge in [-0.1, -0.05) is 23.7 Å². The first-order valence-corrected chi connectivity index (χ1v) is 8.22. The van der Waals surface area contributed by atoms with Gasteiger partial charge in [-0.3, -0.25) is 4.79 Å². The van der Waals surface area contributed by atoms with Gasteiger partial charge in [0.2, 0.25) is 0 Å². The normalized spacial score (nSPS) is 13.9. The van der Waals surface area contributed by atoms with E-state index in [0.29, 0.717) is 24.7 Å². The largest absolute Gasteiger partial charge is 0.334 e. The van der Waals surface area contributed by atoms with Crippen LogP contribution >= 0.6 is 23.4 Å². The van der Waals surface area contributed by atoms with Gasteiger partial charge in [0.1, 0.15) is 0 Å². The summed E-state index contributed by atoms with van der Waals surface area (Å²) in [5.41, 5.74) is 2.67. The van der Waals surface area contributed by atoms with Crippen LogP contribution in [0.15, 0.2) is 35.2 Å². The standard InChI is InChI=1S/C15H14ClN3OS/c1-21-13-5-3-2-4-11(13)15(20)19-7-6-12-10(9-19)8-14(16)18-17-12/h2-5,8H,6-7,9H2,1H3. The number of fused-ring (bicyclic) bond motifs is 1. The van der Waals surface area contributed by atoms with E-state index in [4.69, 9.17) is 11.6 Å². The molecule has 3 rings (SSSR count). The van der Waals surface area contributed by atoms with E-state index in [1.807, 2.05) is 35.4 Å². The molecule has 0 fully saturated rings. The Morgan fingerprint density at radius 1 is 1.33 bits per heavy atom. The van der Waals surface area contributed by atoms with Crippen molar-refractivity contribution in [3.05, 3.63) is 52.3 Å². The number of hydrogen-bond acceptors (Lipinski definition) is 4. The van der Waals surface area contributed by atoms with Crippen LogP contribution in [-0.2, 0) is 13.0 Å². The van der Waals surface area contributed by atoms with Crippen LogP contribution in [0, 0.1) is 0 Å². The van der Waals surface area contributed by atoms with Gasteiger partial charge in [-0.25, -0.2) is 0 Å². The van der Waals surface area contributed by atoms with Crippen molar-refractivity contribution in [3.8, 4) is 0 Å². The molecule has 0 atom stereocenters. The number of benzene rings is 1. The molecule has 0 unspecified atom stereocenters. The number of nitrogens with zero attached hydrogens (tertiary/aromatic N) is 3. The van der Waals surface area contributed by atoms with Crippen molar-refractivity contribution in [1.82, 2.24) is 15.1 Å². The molecule has 0 radical (unpaired) electrons. The predicted octanol–water partition coefficient (Wildman–Crippen LogP) is 3.05. The van der Waals surface area contributed by atoms with Crippen molar-refractivity contribution in [2.45, 2.75) is 17.9 Å². The molecule has 1 aliphatic heterocycles. The Labute approximate surface area is 132 Å². The minimum absolute atomic E-state index is 0.0542. The zero-order chi connectivity index (χ0) is 14.8. The SMILES string of the molecule is CSc1ccccc1C(=O)N1CCc2nnc(Cl)cc2C1. The van der Waals surface area contributed by atoms with E-state index in [2.05, 4.69) is 10.2 Å². The summed E-state index contributed by atoms with van der Waals surface area (Å²) >= 11 is 7.47. The molecule has 1 aromatic heterocycles. The summed E-state index contributed by atoms with van der Waals surface area (Å²) in [4.78, 5) is 15.6. The summed E-state index contributed by atoms with van der Waals surface area (Å²) in [6, 6.07) is 9.49. The maximum Gasteiger partial charge on any atom is 0.255 e. The van der Waals surface area contributed by atoms with E-state index >= 15 is 0 Å². The number of halogens is 1. The minimum Gasteiger partial charge on any atom is -0.334 e. The number of carbonyl (C=O) groups is 1. The molecule has 108 valence electrons. The lowest BCUT2D eigenvalue weighted by atomic mass is 10.1. The van der Waals surface area contributed by atoms with Gasteiger partial charge in [-0.2, -0.15) is 5.10 Å². The Morgan fingerprint density at radius 2 is 2.14 bits per heavy atom. The van der Waals surface area contributed by atoms with E-state index in [0.717, 1.165) is 21.7 Å². The molecule has 0 aliphatic carbocycles. The van der Waals surface area contributed by atoms with Crippen LogP contribution in [0.25, 0.3) is 0 Å². The molecule has 21 heavy (non-hydrogen) atoms. The smallest absolute Gasteiger partial charge is 0.255 e. The van der Waals surface area contributed by atoms with Gasteiger partial charge < -0.3 is 4.90 Å². The Hall–Kier alpha value is -1.59. The van der Waals surface area contributed by atoms with Crippen molar-refractivity contribution in [1.29, 1.82) is 0 Å². The summed E-state index contributed by atoms with van der Waals surface area (Å²) in [6.45, 7) is 1.19. The molecule has 0 saturated heterocycles. The monoisotopic (exact) mass is 319 g/mol. The number of thioether (sulfide) groups is 1. The van der Waals surface area contributed by atoms with Crippen molar-refractivity contribution < 1.29 is 4.79 Å². The van der Waals surface area contributed by atoms with Gasteiger partial charge in [-0.15, -0.1) is 16.9 Å². The molecular weight excluding hydrogens is 306 g/mol. The van der Waals surface area contributed by atoms with E-state index < -0.39 is 0 Å². The molecule has 6 heteroatoms. The van der Waals surface area contributed by atoms with Crippen LogP contribution in [0.4, 0.5) is 0 Å². The molecule has 0 N–H and O–H groups in total. The first-order valence-electron chi connectivity index (χ1n) is 6.62. The quantitative estimate of drug-likeness (QED) is 0.798. The number of hydrogen-bond donors (Lipinski definition) is 0. The average Bonchev–Trinajstić information content (AvgIpc) is 2.53. The van der Waals surface area contributed by atoms with Gasteiger partial charge in [-0.05, 0) is 30.0 Å². The Bertz CT molecular complexity index is 692. The first-order chi connectivity index (χ1) is 10.2. The molecule has 0 bridgehead atoms. The van der Waals surface area contributed by atoms with Crippen molar-refractivity contribution >= 4 is 29.3 Å². The van der Waals surface area contributed by atoms with Gasteiger partial charge in [0.25, 0.3) is 5.91 Å². The highest BCUT2D eigenvalue weighted by molar-refractivity contribution is 7.98. The number of amides is 1. The summed E-state index contributed by atoms with van der Waals surface area (Å²) in [5.74, 6) is 0.0542. The van der Waals surface area contributed by atoms with Crippen molar-refractivity contribution in [2.75, 3.05) is 12.8 Å². The highest BCUT2D eigenvalue weighted by Gasteiger charge is 2.24. The molecule has 1 aliphatic rings. The summed E-state index contributed by atoms with van der Waals surface area (Å²) in [5, 5.41) is 8.32. The third-order valence-corrected chi connectivity index (χ3v) is 4.52. The Kier molecular flexibility index (Phi) is 4.12. The van der Waals surface area contributed by atoms with E-state index in [1.54, 1.807) is 17.8 Å². The second-order valence-corrected chi connectivity index (χ2v) is 6.05. The zero-order valence-corrected chi connectivity index (χ0v) is 13.1. The van der Waals surface area contributed by atoms with Crippen molar-refractivity contribution in [3.63, 3.8) is 0 Å². The lowest BCUT2D eigenvalue weighted by Gasteiger charge is -2.28. The first kappa shape index (κ1) is 14.4. The van der Waals surface area contributed by atoms with Gasteiger partial charge in [0, 0.05) is 24.4 Å². The fourth-order valence-corrected chi connectivity index (χ4v) is 3.23. The minimum atomic E-state index is 0.0542. The maximum atomic E-state index is 12.7. The van der Waals surface area contributed by atoms with Crippen molar-refractivity contribution in [2.24, 2.45) is 0 Å². The van der Waals surface area contributed by atoms with E-state index in [-0.39, 0.29) is 5.91 Å². The van der Waals surface area contributed by atoms with Crippen LogP contribution in [0.3, 0.4) is 0 Å². The summed E-state index contributed by atoms with van der Waals surface area (Å²) in [7, 11) is 0. The molecule has 1 amide bonds. The number of carbonyl (C=O) groups excluding carboxylic acids is 1. The molecule has 2 heterocycles. The fraction of sp³-hybridized carbons (Fsp3) is 0.267. The van der Waals surface area contributed by atoms with Gasteiger partial charge >= 0.3 is 0 Å². The number of aromatic nitrogens is 2. The average molecular weight is 320 g/mol. The van der Waals surface area contributed by atoms with Gasteiger partial charge in [0.15, 0.2) is 5.15 Å². The molecule has 1 aromatic carbocycles. The molecule has 0 spiro atoms. The van der Waals surface area contributed by atoms with E-state index in [9.17, 15) is 4.79 Å². The summed E-state index contributed by atoms with van der Waals surface area (Å²) < 4.78 is 0. The van der Waals surface area contributed by atoms with Crippen LogP contribution in [0.5, 0.6) is 0 Å². The van der Waals surface area contributed by atoms with Crippen LogP contribution < -0.4 is 0 Å². The molecule has 0 saturated carbocycles. The van der Waals surface area contributed by atoms with Crippen LogP contribution in [0.1, 0.15) is 21.6 Å². The molecule has 4 nitrogen and oxygen atoms in total. The highest BCUT2D eigenvalue weighted by Crippen LogP contribution is 2.25. The third kappa shape index (κ3) is 2.89. The van der Waals surface area contributed by atoms with Gasteiger partial charge in [0.05, 0.1) is 11.3 Å². The summed E-state index contributed by atoms with van der Waals surface area (Å²) in [6.07, 6.45) is 2.69. The third-order valence-electron chi connectivity index (χ3n) is 3.53. The second kappa shape index (κ2) is 6.03. The second-order valence-electron chi connectivity index (χ2n) is 4.82. The van der Waals surface area contributed by atoms with E-state index in [1.165, 1.54) is 0 Å². The fourth-order valence-electron chi connectivity index (χ4n) is 2.47. The number of rotatable bonds is 2. The lowest BCUT2D eigenvalue weighted by Crippen LogP contribution is -2.36. The Morgan fingerprint density at radius 3 is 2.95 bits per heavy atom. The molecule has 2 aromatic rings. The molecular formula is C15H14ClN3OS. The van der Waals surface area contributed by atoms with Crippen LogP contribution in [0.2, 0.25) is 5.15 Å². The van der Waals surface area contributed by atoms with Crippen LogP contribution in [-0.4, -0.2) is 33.8 Å². The zero-order valence-electron chi connectivity index (χ0n) is 11.5. The predicted molar refractivity (Wildman–Crippen MR) is 83.7 cm³/mol. The lowest BCUT2D eigenvalue weighted by molar-refractivity contribution is 0.0729. The highest BCUT2D eigenvalue weighted by atomic mass is 35.5.